The predicted molar refractivity (Wildman–Crippen MR) is 84.7 cm³/mol. The Bertz CT molecular complexity index is 544. The number of hydrogen-bond acceptors (Lipinski definition) is 3. The van der Waals surface area contributed by atoms with Gasteiger partial charge < -0.3 is 15.3 Å². The average Bonchev–Trinajstić information content (AvgIpc) is 2.44. The molecule has 0 aliphatic heterocycles. The monoisotopic (exact) mass is 310 g/mol. The van der Waals surface area contributed by atoms with Crippen molar-refractivity contribution in [3.8, 4) is 0 Å². The number of likely N-dealkylation sites (N-methyl/N-ethyl adjacent to an activating group) is 1. The molecular formula is C15H19ClN2O3. The van der Waals surface area contributed by atoms with Crippen LogP contribution in [0, 0.1) is 0 Å². The van der Waals surface area contributed by atoms with Crippen LogP contribution in [0.25, 0.3) is 6.08 Å². The fourth-order valence-electron chi connectivity index (χ4n) is 1.91. The average molecular weight is 311 g/mol. The standard InChI is InChI=1S/C15H19ClN2O3/c1-3-8-18(10-14(19)17-2)13-6-5-12(16)9-11(13)4-7-15(20)21/h4-7,9H,3,8,10H2,1-2H3,(H,17,19)(H,20,21)/b7-4+. The summed E-state index contributed by atoms with van der Waals surface area (Å²) in [7, 11) is 1.58. The van der Waals surface area contributed by atoms with E-state index in [4.69, 9.17) is 16.7 Å². The molecule has 6 heteroatoms. The number of nitrogens with zero attached hydrogens (tertiary/aromatic N) is 1. The van der Waals surface area contributed by atoms with Gasteiger partial charge in [0.15, 0.2) is 0 Å². The van der Waals surface area contributed by atoms with E-state index in [-0.39, 0.29) is 12.5 Å². The highest BCUT2D eigenvalue weighted by Gasteiger charge is 2.13. The molecule has 1 rings (SSSR count). The molecular weight excluding hydrogens is 292 g/mol. The van der Waals surface area contributed by atoms with Crippen LogP contribution in [0.4, 0.5) is 5.69 Å². The molecule has 0 aromatic heterocycles. The second-order valence-corrected chi connectivity index (χ2v) is 4.91. The van der Waals surface area contributed by atoms with Gasteiger partial charge in [0.25, 0.3) is 0 Å². The fourth-order valence-corrected chi connectivity index (χ4v) is 2.10. The summed E-state index contributed by atoms with van der Waals surface area (Å²) in [6.45, 7) is 2.91. The third kappa shape index (κ3) is 5.47. The van der Waals surface area contributed by atoms with Crippen molar-refractivity contribution in [2.24, 2.45) is 0 Å². The van der Waals surface area contributed by atoms with Gasteiger partial charge in [-0.25, -0.2) is 4.79 Å². The molecule has 0 bridgehead atoms. The van der Waals surface area contributed by atoms with Gasteiger partial charge in [0.05, 0.1) is 6.54 Å². The van der Waals surface area contributed by atoms with Crippen LogP contribution in [0.1, 0.15) is 18.9 Å². The highest BCUT2D eigenvalue weighted by atomic mass is 35.5. The predicted octanol–water partition coefficient (Wildman–Crippen LogP) is 2.40. The third-order valence-corrected chi connectivity index (χ3v) is 3.08. The summed E-state index contributed by atoms with van der Waals surface area (Å²) >= 11 is 5.97. The van der Waals surface area contributed by atoms with Gasteiger partial charge in [-0.15, -0.1) is 0 Å². The van der Waals surface area contributed by atoms with Gasteiger partial charge in [-0.3, -0.25) is 4.79 Å². The summed E-state index contributed by atoms with van der Waals surface area (Å²) in [6.07, 6.45) is 3.40. The van der Waals surface area contributed by atoms with Gasteiger partial charge in [0, 0.05) is 30.4 Å². The van der Waals surface area contributed by atoms with Crippen LogP contribution in [-0.2, 0) is 9.59 Å². The van der Waals surface area contributed by atoms with Gasteiger partial charge in [-0.1, -0.05) is 18.5 Å². The summed E-state index contributed by atoms with van der Waals surface area (Å²) in [5, 5.41) is 11.9. The minimum Gasteiger partial charge on any atom is -0.478 e. The Kier molecular flexibility index (Phi) is 6.75. The molecule has 5 nitrogen and oxygen atoms in total. The van der Waals surface area contributed by atoms with E-state index in [9.17, 15) is 9.59 Å². The van der Waals surface area contributed by atoms with E-state index in [0.717, 1.165) is 18.2 Å². The fraction of sp³-hybridized carbons (Fsp3) is 0.333. The lowest BCUT2D eigenvalue weighted by Gasteiger charge is -2.25. The third-order valence-electron chi connectivity index (χ3n) is 2.84. The Morgan fingerprint density at radius 1 is 1.43 bits per heavy atom. The Balaban J connectivity index is 3.16. The van der Waals surface area contributed by atoms with E-state index in [1.807, 2.05) is 11.8 Å². The topological polar surface area (TPSA) is 69.6 Å². The highest BCUT2D eigenvalue weighted by molar-refractivity contribution is 6.30. The van der Waals surface area contributed by atoms with Gasteiger partial charge in [0.1, 0.15) is 0 Å². The van der Waals surface area contributed by atoms with E-state index in [1.54, 1.807) is 25.2 Å². The maximum Gasteiger partial charge on any atom is 0.328 e. The number of carbonyl (C=O) groups is 2. The minimum atomic E-state index is -1.03. The molecule has 0 saturated heterocycles. The number of carbonyl (C=O) groups excluding carboxylic acids is 1. The van der Waals surface area contributed by atoms with Crippen molar-refractivity contribution in [1.29, 1.82) is 0 Å². The molecule has 0 aliphatic carbocycles. The van der Waals surface area contributed by atoms with Crippen molar-refractivity contribution in [1.82, 2.24) is 5.32 Å². The van der Waals surface area contributed by atoms with Crippen molar-refractivity contribution in [3.05, 3.63) is 34.9 Å². The summed E-state index contributed by atoms with van der Waals surface area (Å²) in [6, 6.07) is 5.20. The van der Waals surface area contributed by atoms with E-state index >= 15 is 0 Å². The first-order chi connectivity index (χ1) is 9.97. The lowest BCUT2D eigenvalue weighted by atomic mass is 10.1. The maximum absolute atomic E-state index is 11.6. The van der Waals surface area contributed by atoms with Crippen LogP contribution in [0.15, 0.2) is 24.3 Å². The first-order valence-electron chi connectivity index (χ1n) is 6.64. The number of rotatable bonds is 7. The second kappa shape index (κ2) is 8.32. The first kappa shape index (κ1) is 17.0. The Morgan fingerprint density at radius 3 is 2.71 bits per heavy atom. The number of hydrogen-bond donors (Lipinski definition) is 2. The number of benzene rings is 1. The zero-order chi connectivity index (χ0) is 15.8. The molecule has 21 heavy (non-hydrogen) atoms. The van der Waals surface area contributed by atoms with Gasteiger partial charge in [0.2, 0.25) is 5.91 Å². The molecule has 0 atom stereocenters. The van der Waals surface area contributed by atoms with Crippen molar-refractivity contribution in [3.63, 3.8) is 0 Å². The van der Waals surface area contributed by atoms with Crippen LogP contribution >= 0.6 is 11.6 Å². The quantitative estimate of drug-likeness (QED) is 0.759. The Labute approximate surface area is 129 Å². The van der Waals surface area contributed by atoms with Crippen molar-refractivity contribution < 1.29 is 14.7 Å². The first-order valence-corrected chi connectivity index (χ1v) is 7.01. The molecule has 1 amide bonds. The summed E-state index contributed by atoms with van der Waals surface area (Å²) < 4.78 is 0. The van der Waals surface area contributed by atoms with Gasteiger partial charge >= 0.3 is 5.97 Å². The normalized spacial score (nSPS) is 10.6. The Hall–Kier alpha value is -2.01. The number of amides is 1. The van der Waals surface area contributed by atoms with Crippen molar-refractivity contribution in [2.45, 2.75) is 13.3 Å². The number of anilines is 1. The van der Waals surface area contributed by atoms with Crippen LogP contribution < -0.4 is 10.2 Å². The molecule has 2 N–H and O–H groups in total. The highest BCUT2D eigenvalue weighted by Crippen LogP contribution is 2.26. The van der Waals surface area contributed by atoms with Crippen LogP contribution in [0.5, 0.6) is 0 Å². The van der Waals surface area contributed by atoms with E-state index in [2.05, 4.69) is 5.32 Å². The molecule has 0 heterocycles. The van der Waals surface area contributed by atoms with Crippen LogP contribution in [0.2, 0.25) is 5.02 Å². The van der Waals surface area contributed by atoms with Crippen molar-refractivity contribution in [2.75, 3.05) is 25.0 Å². The lowest BCUT2D eigenvalue weighted by molar-refractivity contribution is -0.131. The van der Waals surface area contributed by atoms with Gasteiger partial charge in [-0.05, 0) is 36.3 Å². The molecule has 114 valence electrons. The number of aliphatic carboxylic acids is 1. The molecule has 0 saturated carbocycles. The Morgan fingerprint density at radius 2 is 2.14 bits per heavy atom. The number of nitrogens with one attached hydrogen (secondary N) is 1. The lowest BCUT2D eigenvalue weighted by Crippen LogP contribution is -2.36. The largest absolute Gasteiger partial charge is 0.478 e. The molecule has 0 spiro atoms. The number of carboxylic acids is 1. The zero-order valence-electron chi connectivity index (χ0n) is 12.1. The second-order valence-electron chi connectivity index (χ2n) is 4.47. The molecule has 0 aliphatic rings. The SMILES string of the molecule is CCCN(CC(=O)NC)c1ccc(Cl)cc1/C=C/C(=O)O. The van der Waals surface area contributed by atoms with E-state index < -0.39 is 5.97 Å². The van der Waals surface area contributed by atoms with E-state index in [0.29, 0.717) is 17.1 Å². The zero-order valence-corrected chi connectivity index (χ0v) is 12.9. The maximum atomic E-state index is 11.6. The summed E-state index contributed by atoms with van der Waals surface area (Å²) in [5.74, 6) is -1.14. The molecule has 1 aromatic rings. The van der Waals surface area contributed by atoms with Gasteiger partial charge in [-0.2, -0.15) is 0 Å². The summed E-state index contributed by atoms with van der Waals surface area (Å²) in [4.78, 5) is 24.2. The molecule has 0 fully saturated rings. The van der Waals surface area contributed by atoms with Crippen molar-refractivity contribution >= 4 is 35.2 Å². The summed E-state index contributed by atoms with van der Waals surface area (Å²) in [5.41, 5.74) is 1.45. The van der Waals surface area contributed by atoms with E-state index in [1.165, 1.54) is 6.08 Å². The minimum absolute atomic E-state index is 0.105. The molecule has 0 radical (unpaired) electrons. The van der Waals surface area contributed by atoms with Crippen LogP contribution in [0.3, 0.4) is 0 Å². The molecule has 1 aromatic carbocycles. The number of halogens is 1. The molecule has 0 unspecified atom stereocenters. The smallest absolute Gasteiger partial charge is 0.328 e. The number of carboxylic acid groups (broad SMARTS) is 1. The van der Waals surface area contributed by atoms with Crippen LogP contribution in [-0.4, -0.2) is 37.1 Å².